The van der Waals surface area contributed by atoms with Crippen molar-refractivity contribution in [2.75, 3.05) is 46.1 Å². The Balaban J connectivity index is 1.97. The lowest BCUT2D eigenvalue weighted by atomic mass is 9.87. The van der Waals surface area contributed by atoms with Crippen LogP contribution in [0.4, 0.5) is 0 Å². The summed E-state index contributed by atoms with van der Waals surface area (Å²) in [6.07, 6.45) is 0. The summed E-state index contributed by atoms with van der Waals surface area (Å²) in [5, 5.41) is 3.10. The molecule has 1 atom stereocenters. The van der Waals surface area contributed by atoms with E-state index in [2.05, 4.69) is 10.2 Å². The van der Waals surface area contributed by atoms with Gasteiger partial charge in [0.1, 0.15) is 6.61 Å². The molecular weight excluding hydrogens is 324 g/mol. The molecule has 2 aliphatic rings. The number of nitrogens with one attached hydrogen (secondary N) is 1. The smallest absolute Gasteiger partial charge is 0.336 e. The van der Waals surface area contributed by atoms with Crippen LogP contribution in [-0.4, -0.2) is 62.9 Å². The molecule has 0 aliphatic carbocycles. The molecule has 0 amide bonds. The van der Waals surface area contributed by atoms with Gasteiger partial charge in [0.05, 0.1) is 31.0 Å². The maximum absolute atomic E-state index is 12.6. The molecule has 0 radical (unpaired) electrons. The largest absolute Gasteiger partial charge is 0.463 e. The molecule has 1 N–H and O–H groups in total. The van der Waals surface area contributed by atoms with Gasteiger partial charge in [0.2, 0.25) is 0 Å². The number of rotatable bonds is 6. The molecule has 7 nitrogen and oxygen atoms in total. The van der Waals surface area contributed by atoms with E-state index in [-0.39, 0.29) is 11.9 Å². The quantitative estimate of drug-likeness (QED) is 0.720. The van der Waals surface area contributed by atoms with Gasteiger partial charge in [-0.1, -0.05) is 6.92 Å². The van der Waals surface area contributed by atoms with Crippen molar-refractivity contribution in [3.05, 3.63) is 22.5 Å². The van der Waals surface area contributed by atoms with E-state index >= 15 is 0 Å². The molecule has 0 aromatic heterocycles. The summed E-state index contributed by atoms with van der Waals surface area (Å²) >= 11 is 0. The molecule has 0 aromatic rings. The second-order valence-electron chi connectivity index (χ2n) is 6.23. The molecule has 2 rings (SSSR count). The Morgan fingerprint density at radius 2 is 1.68 bits per heavy atom. The Morgan fingerprint density at radius 3 is 2.24 bits per heavy atom. The van der Waals surface area contributed by atoms with Crippen LogP contribution in [0.15, 0.2) is 22.5 Å². The summed E-state index contributed by atoms with van der Waals surface area (Å²) < 4.78 is 15.9. The monoisotopic (exact) mass is 352 g/mol. The predicted molar refractivity (Wildman–Crippen MR) is 92.6 cm³/mol. The van der Waals surface area contributed by atoms with Crippen molar-refractivity contribution in [3.63, 3.8) is 0 Å². The van der Waals surface area contributed by atoms with Crippen LogP contribution in [0, 0.1) is 5.92 Å². The van der Waals surface area contributed by atoms with E-state index in [1.165, 1.54) is 0 Å². The van der Waals surface area contributed by atoms with Crippen LogP contribution >= 0.6 is 0 Å². The SMILES string of the molecule is CCOC(=O)C1=C(C)NC(C)=C(C(=O)OCCN2CCOCC2)C1C. The standard InChI is InChI=1S/C18H28N2O5/c1-5-24-17(21)15-12(2)16(14(4)19-13(15)3)18(22)25-11-8-20-6-9-23-10-7-20/h12,19H,5-11H2,1-4H3. The van der Waals surface area contributed by atoms with Crippen molar-refractivity contribution < 1.29 is 23.8 Å². The topological polar surface area (TPSA) is 77.1 Å². The molecule has 2 aliphatic heterocycles. The number of carbonyl (C=O) groups excluding carboxylic acids is 2. The average molecular weight is 352 g/mol. The third-order valence-electron chi connectivity index (χ3n) is 4.51. The van der Waals surface area contributed by atoms with Crippen molar-refractivity contribution in [1.29, 1.82) is 0 Å². The molecule has 1 unspecified atom stereocenters. The minimum atomic E-state index is -0.397. The molecule has 0 aromatic carbocycles. The van der Waals surface area contributed by atoms with E-state index in [0.29, 0.717) is 49.8 Å². The first-order chi connectivity index (χ1) is 12.0. The van der Waals surface area contributed by atoms with Crippen molar-refractivity contribution in [1.82, 2.24) is 10.2 Å². The summed E-state index contributed by atoms with van der Waals surface area (Å²) in [5.41, 5.74) is 2.39. The Hall–Kier alpha value is -1.86. The first-order valence-electron chi connectivity index (χ1n) is 8.78. The second kappa shape index (κ2) is 9.01. The normalized spacial score (nSPS) is 21.8. The number of esters is 2. The minimum absolute atomic E-state index is 0.296. The fraction of sp³-hybridized carbons (Fsp3) is 0.667. The van der Waals surface area contributed by atoms with Crippen LogP contribution in [0.2, 0.25) is 0 Å². The number of ether oxygens (including phenoxy) is 3. The first-order valence-corrected chi connectivity index (χ1v) is 8.78. The molecule has 7 heteroatoms. The fourth-order valence-electron chi connectivity index (χ4n) is 3.25. The molecule has 1 fully saturated rings. The van der Waals surface area contributed by atoms with Crippen molar-refractivity contribution in [2.45, 2.75) is 27.7 Å². The van der Waals surface area contributed by atoms with Crippen LogP contribution in [0.25, 0.3) is 0 Å². The Bertz CT molecular complexity index is 576. The van der Waals surface area contributed by atoms with Crippen molar-refractivity contribution in [2.24, 2.45) is 5.92 Å². The predicted octanol–water partition coefficient (Wildman–Crippen LogP) is 1.21. The van der Waals surface area contributed by atoms with Gasteiger partial charge in [-0.2, -0.15) is 0 Å². The highest BCUT2D eigenvalue weighted by molar-refractivity contribution is 5.97. The van der Waals surface area contributed by atoms with Crippen LogP contribution in [0.5, 0.6) is 0 Å². The van der Waals surface area contributed by atoms with Gasteiger partial charge in [-0.05, 0) is 20.8 Å². The van der Waals surface area contributed by atoms with Crippen LogP contribution in [0.3, 0.4) is 0 Å². The first kappa shape index (κ1) is 19.5. The molecule has 2 heterocycles. The number of hydrogen-bond acceptors (Lipinski definition) is 7. The average Bonchev–Trinajstić information content (AvgIpc) is 2.55. The summed E-state index contributed by atoms with van der Waals surface area (Å²) in [7, 11) is 0. The summed E-state index contributed by atoms with van der Waals surface area (Å²) in [5.74, 6) is -1.15. The van der Waals surface area contributed by atoms with Crippen LogP contribution in [-0.2, 0) is 23.8 Å². The molecule has 1 saturated heterocycles. The zero-order valence-corrected chi connectivity index (χ0v) is 15.5. The highest BCUT2D eigenvalue weighted by Gasteiger charge is 2.33. The molecule has 140 valence electrons. The van der Waals surface area contributed by atoms with Gasteiger partial charge in [0, 0.05) is 36.9 Å². The number of dihydropyridines is 1. The number of allylic oxidation sites excluding steroid dienone is 2. The number of carbonyl (C=O) groups is 2. The van der Waals surface area contributed by atoms with Gasteiger partial charge < -0.3 is 19.5 Å². The van der Waals surface area contributed by atoms with E-state index < -0.39 is 5.97 Å². The van der Waals surface area contributed by atoms with E-state index in [4.69, 9.17) is 14.2 Å². The zero-order chi connectivity index (χ0) is 18.4. The van der Waals surface area contributed by atoms with Gasteiger partial charge in [-0.25, -0.2) is 9.59 Å². The highest BCUT2D eigenvalue weighted by Crippen LogP contribution is 2.30. The lowest BCUT2D eigenvalue weighted by molar-refractivity contribution is -0.140. The second-order valence-corrected chi connectivity index (χ2v) is 6.23. The molecule has 25 heavy (non-hydrogen) atoms. The van der Waals surface area contributed by atoms with Crippen LogP contribution in [0.1, 0.15) is 27.7 Å². The van der Waals surface area contributed by atoms with Crippen LogP contribution < -0.4 is 5.32 Å². The van der Waals surface area contributed by atoms with E-state index in [1.807, 2.05) is 20.8 Å². The van der Waals surface area contributed by atoms with Gasteiger partial charge in [0.15, 0.2) is 0 Å². The van der Waals surface area contributed by atoms with Gasteiger partial charge in [-0.15, -0.1) is 0 Å². The van der Waals surface area contributed by atoms with E-state index in [9.17, 15) is 9.59 Å². The Labute approximate surface area is 149 Å². The number of nitrogens with zero attached hydrogens (tertiary/aromatic N) is 1. The summed E-state index contributed by atoms with van der Waals surface area (Å²) in [4.78, 5) is 27.0. The fourth-order valence-corrected chi connectivity index (χ4v) is 3.25. The van der Waals surface area contributed by atoms with Crippen molar-refractivity contribution >= 4 is 11.9 Å². The Kier molecular flexibility index (Phi) is 7.01. The lowest BCUT2D eigenvalue weighted by Crippen LogP contribution is -2.39. The molecule has 0 spiro atoms. The number of hydrogen-bond donors (Lipinski definition) is 1. The molecular formula is C18H28N2O5. The third kappa shape index (κ3) is 4.83. The number of morpholine rings is 1. The third-order valence-corrected chi connectivity index (χ3v) is 4.51. The summed E-state index contributed by atoms with van der Waals surface area (Å²) in [6.45, 7) is 11.7. The Morgan fingerprint density at radius 1 is 1.12 bits per heavy atom. The van der Waals surface area contributed by atoms with Gasteiger partial charge >= 0.3 is 11.9 Å². The maximum atomic E-state index is 12.6. The lowest BCUT2D eigenvalue weighted by Gasteiger charge is -2.28. The van der Waals surface area contributed by atoms with Crippen molar-refractivity contribution in [3.8, 4) is 0 Å². The summed E-state index contributed by atoms with van der Waals surface area (Å²) in [6, 6.07) is 0. The minimum Gasteiger partial charge on any atom is -0.463 e. The molecule has 0 bridgehead atoms. The molecule has 0 saturated carbocycles. The van der Waals surface area contributed by atoms with Gasteiger partial charge in [-0.3, -0.25) is 4.90 Å². The van der Waals surface area contributed by atoms with Gasteiger partial charge in [0.25, 0.3) is 0 Å². The highest BCUT2D eigenvalue weighted by atomic mass is 16.5. The van der Waals surface area contributed by atoms with E-state index in [0.717, 1.165) is 18.8 Å². The zero-order valence-electron chi connectivity index (χ0n) is 15.5. The maximum Gasteiger partial charge on any atom is 0.336 e. The van der Waals surface area contributed by atoms with E-state index in [1.54, 1.807) is 6.92 Å².